The van der Waals surface area contributed by atoms with Crippen LogP contribution in [0, 0.1) is 25.2 Å². The number of rotatable bonds is 4. The molecule has 2 aromatic heterocycles. The Kier molecular flexibility index (Phi) is 3.84. The molecule has 0 aliphatic carbocycles. The van der Waals surface area contributed by atoms with Crippen LogP contribution < -0.4 is 10.2 Å². The number of nitriles is 1. The van der Waals surface area contributed by atoms with Gasteiger partial charge in [0.2, 0.25) is 5.89 Å². The zero-order chi connectivity index (χ0) is 14.7. The lowest BCUT2D eigenvalue weighted by Crippen LogP contribution is -2.10. The minimum atomic E-state index is 0.360. The zero-order valence-electron chi connectivity index (χ0n) is 11.9. The second-order valence-electron chi connectivity index (χ2n) is 4.62. The molecule has 0 amide bonds. The summed E-state index contributed by atoms with van der Waals surface area (Å²) in [6.45, 7) is 4.06. The van der Waals surface area contributed by atoms with Gasteiger partial charge in [-0.1, -0.05) is 0 Å². The number of nitrogens with one attached hydrogen (secondary N) is 1. The maximum absolute atomic E-state index is 9.18. The number of pyridine rings is 1. The van der Waals surface area contributed by atoms with Crippen molar-refractivity contribution in [2.45, 2.75) is 20.4 Å². The third-order valence-electron chi connectivity index (χ3n) is 2.73. The van der Waals surface area contributed by atoms with Gasteiger partial charge < -0.3 is 14.7 Å². The first-order valence-corrected chi connectivity index (χ1v) is 6.13. The van der Waals surface area contributed by atoms with E-state index in [2.05, 4.69) is 26.5 Å². The molecular formula is C13H16N6O. The Balaban J connectivity index is 2.16. The van der Waals surface area contributed by atoms with Crippen LogP contribution in [0.3, 0.4) is 0 Å². The Bertz CT molecular complexity index is 655. The van der Waals surface area contributed by atoms with Gasteiger partial charge in [-0.25, -0.2) is 0 Å². The van der Waals surface area contributed by atoms with E-state index in [4.69, 9.17) is 4.52 Å². The van der Waals surface area contributed by atoms with Crippen molar-refractivity contribution in [3.63, 3.8) is 0 Å². The summed E-state index contributed by atoms with van der Waals surface area (Å²) in [5, 5.41) is 16.1. The standard InChI is InChI=1S/C13H16N6O/c1-8-5-11(10(6-14)9(2)16-8)15-7-12-17-13(18-20-12)19(3)4/h5H,7H2,1-4H3,(H,15,16). The minimum absolute atomic E-state index is 0.360. The number of hydrogen-bond acceptors (Lipinski definition) is 7. The van der Waals surface area contributed by atoms with Crippen LogP contribution in [0.15, 0.2) is 10.6 Å². The predicted molar refractivity (Wildman–Crippen MR) is 74.4 cm³/mol. The van der Waals surface area contributed by atoms with Crippen LogP contribution in [-0.2, 0) is 6.54 Å². The minimum Gasteiger partial charge on any atom is -0.375 e. The molecule has 1 N–H and O–H groups in total. The molecule has 104 valence electrons. The Labute approximate surface area is 117 Å². The van der Waals surface area contributed by atoms with Gasteiger partial charge in [0.1, 0.15) is 6.07 Å². The van der Waals surface area contributed by atoms with E-state index in [0.29, 0.717) is 29.6 Å². The fourth-order valence-corrected chi connectivity index (χ4v) is 1.78. The Morgan fingerprint density at radius 3 is 2.70 bits per heavy atom. The lowest BCUT2D eigenvalue weighted by molar-refractivity contribution is 0.383. The molecule has 0 spiro atoms. The highest BCUT2D eigenvalue weighted by molar-refractivity contribution is 5.59. The monoisotopic (exact) mass is 272 g/mol. The van der Waals surface area contributed by atoms with Gasteiger partial charge in [-0.15, -0.1) is 0 Å². The highest BCUT2D eigenvalue weighted by Gasteiger charge is 2.11. The second kappa shape index (κ2) is 5.57. The summed E-state index contributed by atoms with van der Waals surface area (Å²) in [6.07, 6.45) is 0. The predicted octanol–water partition coefficient (Wildman–Crippen LogP) is 1.63. The van der Waals surface area contributed by atoms with E-state index in [0.717, 1.165) is 11.4 Å². The summed E-state index contributed by atoms with van der Waals surface area (Å²) in [6, 6.07) is 3.98. The molecule has 2 aromatic rings. The summed E-state index contributed by atoms with van der Waals surface area (Å²) < 4.78 is 5.12. The van der Waals surface area contributed by atoms with Gasteiger partial charge >= 0.3 is 0 Å². The van der Waals surface area contributed by atoms with Gasteiger partial charge in [0, 0.05) is 19.8 Å². The van der Waals surface area contributed by atoms with Gasteiger partial charge in [-0.05, 0) is 25.1 Å². The maximum atomic E-state index is 9.18. The van der Waals surface area contributed by atoms with Crippen molar-refractivity contribution in [2.75, 3.05) is 24.3 Å². The molecule has 0 fully saturated rings. The summed E-state index contributed by atoms with van der Waals surface area (Å²) in [5.74, 6) is 0.981. The van der Waals surface area contributed by atoms with E-state index in [1.54, 1.807) is 4.90 Å². The average Bonchev–Trinajstić information content (AvgIpc) is 2.84. The Morgan fingerprint density at radius 1 is 1.35 bits per heavy atom. The van der Waals surface area contributed by atoms with Crippen LogP contribution in [0.2, 0.25) is 0 Å². The molecule has 0 bridgehead atoms. The van der Waals surface area contributed by atoms with Crippen molar-refractivity contribution >= 4 is 11.6 Å². The van der Waals surface area contributed by atoms with Crippen molar-refractivity contribution in [1.29, 1.82) is 5.26 Å². The Morgan fingerprint density at radius 2 is 2.10 bits per heavy atom. The summed E-state index contributed by atoms with van der Waals surface area (Å²) in [4.78, 5) is 10.2. The number of anilines is 2. The summed E-state index contributed by atoms with van der Waals surface area (Å²) in [7, 11) is 3.68. The summed E-state index contributed by atoms with van der Waals surface area (Å²) in [5.41, 5.74) is 2.81. The molecule has 0 aromatic carbocycles. The first kappa shape index (κ1) is 13.8. The van der Waals surface area contributed by atoms with Gasteiger partial charge in [0.25, 0.3) is 5.95 Å². The van der Waals surface area contributed by atoms with Crippen molar-refractivity contribution in [3.8, 4) is 6.07 Å². The lowest BCUT2D eigenvalue weighted by Gasteiger charge is -2.08. The largest absolute Gasteiger partial charge is 0.375 e. The third kappa shape index (κ3) is 2.85. The molecule has 0 unspecified atom stereocenters. The molecule has 7 nitrogen and oxygen atoms in total. The number of aryl methyl sites for hydroxylation is 2. The molecule has 7 heteroatoms. The molecule has 0 saturated carbocycles. The van der Waals surface area contributed by atoms with Crippen LogP contribution in [0.25, 0.3) is 0 Å². The molecule has 0 aliphatic rings. The number of hydrogen-bond donors (Lipinski definition) is 1. The summed E-state index contributed by atoms with van der Waals surface area (Å²) >= 11 is 0. The maximum Gasteiger partial charge on any atom is 0.265 e. The quantitative estimate of drug-likeness (QED) is 0.904. The number of nitrogens with zero attached hydrogens (tertiary/aromatic N) is 5. The van der Waals surface area contributed by atoms with Gasteiger partial charge in [-0.2, -0.15) is 10.2 Å². The van der Waals surface area contributed by atoms with Crippen LogP contribution in [0.1, 0.15) is 22.8 Å². The molecule has 20 heavy (non-hydrogen) atoms. The molecule has 0 radical (unpaired) electrons. The first-order chi connectivity index (χ1) is 9.51. The fraction of sp³-hybridized carbons (Fsp3) is 0.385. The van der Waals surface area contributed by atoms with Crippen molar-refractivity contribution in [3.05, 3.63) is 28.9 Å². The van der Waals surface area contributed by atoms with Crippen LogP contribution in [-0.4, -0.2) is 29.2 Å². The topological polar surface area (TPSA) is 90.9 Å². The van der Waals surface area contributed by atoms with E-state index >= 15 is 0 Å². The number of aromatic nitrogens is 3. The molecule has 0 atom stereocenters. The van der Waals surface area contributed by atoms with Gasteiger partial charge in [-0.3, -0.25) is 4.98 Å². The van der Waals surface area contributed by atoms with Crippen molar-refractivity contribution < 1.29 is 4.52 Å². The smallest absolute Gasteiger partial charge is 0.265 e. The second-order valence-corrected chi connectivity index (χ2v) is 4.62. The third-order valence-corrected chi connectivity index (χ3v) is 2.73. The van der Waals surface area contributed by atoms with E-state index in [-0.39, 0.29) is 0 Å². The van der Waals surface area contributed by atoms with Crippen LogP contribution in [0.5, 0.6) is 0 Å². The van der Waals surface area contributed by atoms with E-state index in [1.165, 1.54) is 0 Å². The molecular weight excluding hydrogens is 256 g/mol. The van der Waals surface area contributed by atoms with Gasteiger partial charge in [0.05, 0.1) is 23.5 Å². The molecule has 2 heterocycles. The fourth-order valence-electron chi connectivity index (χ4n) is 1.78. The first-order valence-electron chi connectivity index (χ1n) is 6.13. The lowest BCUT2D eigenvalue weighted by atomic mass is 10.1. The van der Waals surface area contributed by atoms with Crippen LogP contribution in [0.4, 0.5) is 11.6 Å². The van der Waals surface area contributed by atoms with E-state index in [1.807, 2.05) is 34.0 Å². The zero-order valence-corrected chi connectivity index (χ0v) is 11.9. The highest BCUT2D eigenvalue weighted by atomic mass is 16.5. The normalized spacial score (nSPS) is 10.2. The SMILES string of the molecule is Cc1cc(NCc2nc(N(C)C)no2)c(C#N)c(C)n1. The molecule has 0 saturated heterocycles. The average molecular weight is 272 g/mol. The van der Waals surface area contributed by atoms with E-state index in [9.17, 15) is 5.26 Å². The molecule has 2 rings (SSSR count). The van der Waals surface area contributed by atoms with Crippen molar-refractivity contribution in [2.24, 2.45) is 0 Å². The molecule has 0 aliphatic heterocycles. The van der Waals surface area contributed by atoms with Crippen LogP contribution >= 0.6 is 0 Å². The van der Waals surface area contributed by atoms with Gasteiger partial charge in [0.15, 0.2) is 0 Å². The Hall–Kier alpha value is -2.62. The van der Waals surface area contributed by atoms with E-state index < -0.39 is 0 Å². The van der Waals surface area contributed by atoms with Crippen molar-refractivity contribution in [1.82, 2.24) is 15.1 Å². The highest BCUT2D eigenvalue weighted by Crippen LogP contribution is 2.19.